The van der Waals surface area contributed by atoms with E-state index in [1.165, 1.54) is 12.1 Å². The summed E-state index contributed by atoms with van der Waals surface area (Å²) in [5.74, 6) is -0.191. The number of benzene rings is 1. The van der Waals surface area contributed by atoms with Crippen LogP contribution >= 0.6 is 0 Å². The Balaban J connectivity index is -0.0000000659. The molecule has 0 bridgehead atoms. The molecule has 0 N–H and O–H groups in total. The molecule has 23 heavy (non-hydrogen) atoms. The predicted molar refractivity (Wildman–Crippen MR) is 74.3 cm³/mol. The van der Waals surface area contributed by atoms with Gasteiger partial charge in [0.05, 0.1) is 0 Å². The molecule has 1 aromatic rings. The van der Waals surface area contributed by atoms with E-state index in [-0.39, 0.29) is 5.82 Å². The van der Waals surface area contributed by atoms with Gasteiger partial charge in [0.2, 0.25) is 0 Å². The molecule has 122 valence electrons. The summed E-state index contributed by atoms with van der Waals surface area (Å²) < 4.78 is 43.0. The van der Waals surface area contributed by atoms with Crippen LogP contribution in [0.2, 0.25) is 0 Å². The minimum absolute atomic E-state index is 0.191. The Labute approximate surface area is 152 Å². The normalized spacial score (nSPS) is 6.22. The summed E-state index contributed by atoms with van der Waals surface area (Å²) in [5.41, 5.74) is 0. The quantitative estimate of drug-likeness (QED) is 0.306. The first-order valence-electron chi connectivity index (χ1n) is 5.51. The van der Waals surface area contributed by atoms with E-state index in [2.05, 4.69) is 81.8 Å². The van der Waals surface area contributed by atoms with Crippen LogP contribution in [0, 0.1) is 37.2 Å². The van der Waals surface area contributed by atoms with Crippen LogP contribution in [-0.2, 0) is 34.3 Å². The molecule has 0 saturated carbocycles. The number of nitrogens with zero attached hydrogens (tertiary/aromatic N) is 1. The van der Waals surface area contributed by atoms with Crippen LogP contribution in [0.4, 0.5) is 4.39 Å². The maximum absolute atomic E-state index is 12.1. The van der Waals surface area contributed by atoms with Gasteiger partial charge in [-0.3, -0.25) is 0 Å². The van der Waals surface area contributed by atoms with Crippen LogP contribution < -0.4 is 4.46 Å². The average Bonchev–Trinajstić information content (AvgIpc) is 2.66. The van der Waals surface area contributed by atoms with Crippen LogP contribution in [0.3, 0.4) is 0 Å². The molecule has 0 heterocycles. The summed E-state index contributed by atoms with van der Waals surface area (Å²) in [4.78, 5) is 4.98. The van der Waals surface area contributed by atoms with Crippen molar-refractivity contribution in [3.05, 3.63) is 56.7 Å². The van der Waals surface area contributed by atoms with Crippen molar-refractivity contribution in [1.29, 1.82) is 0 Å². The van der Waals surface area contributed by atoms with Crippen molar-refractivity contribution >= 4 is 20.5 Å². The third-order valence-electron chi connectivity index (χ3n) is 1.71. The molecule has 0 aromatic heterocycles. The Kier molecular flexibility index (Phi) is 54.3. The Hall–Kier alpha value is -1.10. The third kappa shape index (κ3) is 33.6. The van der Waals surface area contributed by atoms with Crippen LogP contribution in [0.5, 0.6) is 0 Å². The van der Waals surface area contributed by atoms with Crippen LogP contribution in [0.15, 0.2) is 24.3 Å². The summed E-state index contributed by atoms with van der Waals surface area (Å²) in [5, 5.41) is 0. The zero-order chi connectivity index (χ0) is 19.7. The van der Waals surface area contributed by atoms with Gasteiger partial charge in [0.1, 0.15) is 0 Å². The van der Waals surface area contributed by atoms with E-state index in [9.17, 15) is 4.39 Å². The molecule has 0 aliphatic rings. The third-order valence-corrected chi connectivity index (χ3v) is 2.68. The van der Waals surface area contributed by atoms with Gasteiger partial charge in [0.25, 0.3) is 0 Å². The summed E-state index contributed by atoms with van der Waals surface area (Å²) in [6, 6.07) is 6.22. The van der Waals surface area contributed by atoms with E-state index in [0.29, 0.717) is 0 Å². The van der Waals surface area contributed by atoms with Gasteiger partial charge in [-0.15, -0.1) is 0 Å². The van der Waals surface area contributed by atoms with Gasteiger partial charge in [-0.05, 0) is 0 Å². The Bertz CT molecular complexity index is 417. The minimum atomic E-state index is -0.191. The molecule has 0 atom stereocenters. The molecule has 5 nitrogen and oxygen atoms in total. The van der Waals surface area contributed by atoms with Crippen molar-refractivity contribution in [2.24, 2.45) is 0 Å². The van der Waals surface area contributed by atoms with Gasteiger partial charge < -0.3 is 0 Å². The first-order chi connectivity index (χ1) is 11.1. The Morgan fingerprint density at radius 3 is 1.39 bits per heavy atom. The molecular weight excluding hydrogens is 408 g/mol. The first-order valence-corrected chi connectivity index (χ1v) is 7.00. The summed E-state index contributed by atoms with van der Waals surface area (Å²) in [6.07, 6.45) is 0. The van der Waals surface area contributed by atoms with Crippen molar-refractivity contribution in [1.82, 2.24) is 4.90 Å². The maximum atomic E-state index is 12.1. The second-order valence-electron chi connectivity index (χ2n) is 2.72. The van der Waals surface area contributed by atoms with E-state index < -0.39 is 0 Å². The molecule has 0 saturated heterocycles. The standard InChI is InChI=1S/C6H4FSe.C5H10N.4CO.Cr/c7-5-1-3-6(8)4-2-5;1-4-6(3)5-2;4*1-2;/h1-4H;4-5H2,1-2H3;;;;;. The zero-order valence-corrected chi connectivity index (χ0v) is 15.5. The van der Waals surface area contributed by atoms with Crippen LogP contribution in [-0.4, -0.2) is 34.0 Å². The number of halogens is 1. The average molecular weight is 422 g/mol. The Morgan fingerprint density at radius 2 is 1.26 bits per heavy atom. The Morgan fingerprint density at radius 1 is 0.957 bits per heavy atom. The van der Waals surface area contributed by atoms with Gasteiger partial charge >= 0.3 is 152 Å². The van der Waals surface area contributed by atoms with Gasteiger partial charge in [-0.25, -0.2) is 0 Å². The predicted octanol–water partition coefficient (Wildman–Crippen LogP) is 1.26. The molecular formula is C15H14CrFNO4Se. The fraction of sp³-hybridized carbons (Fsp3) is 0.267. The molecule has 0 unspecified atom stereocenters. The first kappa shape index (κ1) is 33.5. The monoisotopic (exact) mass is 423 g/mol. The van der Waals surface area contributed by atoms with Crippen LogP contribution in [0.1, 0.15) is 13.8 Å². The molecule has 8 heteroatoms. The number of rotatable bonds is 2. The fourth-order valence-electron chi connectivity index (χ4n) is 0.787. The van der Waals surface area contributed by atoms with E-state index in [1.54, 1.807) is 12.1 Å². The van der Waals surface area contributed by atoms with Crippen molar-refractivity contribution in [3.63, 3.8) is 0 Å². The number of hydrogen-bond donors (Lipinski definition) is 0. The SMILES string of the molecule is CCN([C]#[Cr])CC.Fc1ccc([Se])cc1.[C-]#[O+].[C-]#[O+].[C-]#[O+].[C-]#[O+]. The molecule has 0 spiro atoms. The molecule has 1 aromatic carbocycles. The molecule has 0 amide bonds. The second-order valence-corrected chi connectivity index (χ2v) is 3.99. The second kappa shape index (κ2) is 37.3. The van der Waals surface area contributed by atoms with Gasteiger partial charge in [-0.2, -0.15) is 0 Å². The van der Waals surface area contributed by atoms with E-state index in [1.807, 2.05) is 0 Å². The van der Waals surface area contributed by atoms with Crippen LogP contribution in [0.25, 0.3) is 0 Å². The van der Waals surface area contributed by atoms with E-state index >= 15 is 0 Å². The number of hydrogen-bond acceptors (Lipinski definition) is 1. The van der Waals surface area contributed by atoms with Crippen molar-refractivity contribution in [3.8, 4) is 4.81 Å². The molecule has 1 rings (SSSR count). The van der Waals surface area contributed by atoms with E-state index in [0.717, 1.165) is 17.6 Å². The molecule has 0 aliphatic heterocycles. The van der Waals surface area contributed by atoms with Gasteiger partial charge in [0, 0.05) is 0 Å². The van der Waals surface area contributed by atoms with Crippen molar-refractivity contribution in [2.75, 3.05) is 13.1 Å². The van der Waals surface area contributed by atoms with E-state index in [4.69, 9.17) is 18.6 Å². The molecule has 0 fully saturated rings. The van der Waals surface area contributed by atoms with Gasteiger partial charge in [-0.1, -0.05) is 0 Å². The topological polar surface area (TPSA) is 82.8 Å². The summed E-state index contributed by atoms with van der Waals surface area (Å²) in [7, 11) is 0. The fourth-order valence-corrected chi connectivity index (χ4v) is 1.48. The van der Waals surface area contributed by atoms with Gasteiger partial charge in [0.15, 0.2) is 0 Å². The summed E-state index contributed by atoms with van der Waals surface area (Å²) >= 11 is 5.48. The molecule has 1 radical (unpaired) electrons. The molecule has 0 aliphatic carbocycles. The zero-order valence-electron chi connectivity index (χ0n) is 12.5. The van der Waals surface area contributed by atoms with Crippen molar-refractivity contribution in [2.45, 2.75) is 13.8 Å². The summed E-state index contributed by atoms with van der Waals surface area (Å²) in [6.45, 7) is 24.3. The van der Waals surface area contributed by atoms with Crippen molar-refractivity contribution < 1.29 is 38.7 Å².